The molecule has 0 amide bonds. The standard InChI is InChI=1S/C14H18ClN3O/c1-10(16)13-9-11(15)3-4-14(13)19-8-6-12-5-7-17-18(12)2/h3-5,7,9-10H,6,8,16H2,1-2H3/t10-/m1/s1. The fraction of sp³-hybridized carbons (Fsp3) is 0.357. The van der Waals surface area contributed by atoms with Crippen LogP contribution in [0.5, 0.6) is 5.75 Å². The Balaban J connectivity index is 2.01. The number of nitrogens with zero attached hydrogens (tertiary/aromatic N) is 2. The summed E-state index contributed by atoms with van der Waals surface area (Å²) >= 11 is 5.97. The maximum absolute atomic E-state index is 5.97. The maximum atomic E-state index is 5.97. The molecule has 0 bridgehead atoms. The number of aryl methyl sites for hydroxylation is 1. The zero-order chi connectivity index (χ0) is 13.8. The van der Waals surface area contributed by atoms with E-state index in [2.05, 4.69) is 5.10 Å². The first-order chi connectivity index (χ1) is 9.08. The van der Waals surface area contributed by atoms with Gasteiger partial charge in [-0.25, -0.2) is 0 Å². The fourth-order valence-electron chi connectivity index (χ4n) is 1.92. The van der Waals surface area contributed by atoms with E-state index in [1.807, 2.05) is 42.9 Å². The molecule has 5 heteroatoms. The molecule has 1 aromatic carbocycles. The van der Waals surface area contributed by atoms with Crippen molar-refractivity contribution in [2.75, 3.05) is 6.61 Å². The van der Waals surface area contributed by atoms with Crippen LogP contribution in [-0.4, -0.2) is 16.4 Å². The van der Waals surface area contributed by atoms with Crippen LogP contribution in [0.1, 0.15) is 24.2 Å². The molecule has 19 heavy (non-hydrogen) atoms. The molecule has 0 radical (unpaired) electrons. The molecule has 0 saturated heterocycles. The van der Waals surface area contributed by atoms with E-state index in [1.165, 1.54) is 0 Å². The largest absolute Gasteiger partial charge is 0.493 e. The van der Waals surface area contributed by atoms with E-state index in [0.717, 1.165) is 23.4 Å². The van der Waals surface area contributed by atoms with Crippen LogP contribution < -0.4 is 10.5 Å². The first-order valence-electron chi connectivity index (χ1n) is 6.22. The van der Waals surface area contributed by atoms with Gasteiger partial charge in [0.25, 0.3) is 0 Å². The first-order valence-corrected chi connectivity index (χ1v) is 6.60. The molecule has 2 N–H and O–H groups in total. The molecule has 0 spiro atoms. The summed E-state index contributed by atoms with van der Waals surface area (Å²) in [4.78, 5) is 0. The highest BCUT2D eigenvalue weighted by Gasteiger charge is 2.09. The summed E-state index contributed by atoms with van der Waals surface area (Å²) in [5, 5.41) is 4.80. The molecule has 0 saturated carbocycles. The molecular formula is C14H18ClN3O. The van der Waals surface area contributed by atoms with Crippen molar-refractivity contribution >= 4 is 11.6 Å². The quantitative estimate of drug-likeness (QED) is 0.916. The van der Waals surface area contributed by atoms with Gasteiger partial charge in [-0.05, 0) is 31.2 Å². The van der Waals surface area contributed by atoms with Gasteiger partial charge in [0.1, 0.15) is 5.75 Å². The maximum Gasteiger partial charge on any atom is 0.124 e. The zero-order valence-electron chi connectivity index (χ0n) is 11.1. The van der Waals surface area contributed by atoms with E-state index in [1.54, 1.807) is 6.20 Å². The van der Waals surface area contributed by atoms with Gasteiger partial charge in [-0.3, -0.25) is 4.68 Å². The summed E-state index contributed by atoms with van der Waals surface area (Å²) in [7, 11) is 1.92. The van der Waals surface area contributed by atoms with Crippen molar-refractivity contribution < 1.29 is 4.74 Å². The lowest BCUT2D eigenvalue weighted by atomic mass is 10.1. The highest BCUT2D eigenvalue weighted by atomic mass is 35.5. The average molecular weight is 280 g/mol. The first kappa shape index (κ1) is 13.9. The van der Waals surface area contributed by atoms with Crippen molar-refractivity contribution in [3.05, 3.63) is 46.7 Å². The van der Waals surface area contributed by atoms with Crippen LogP contribution in [0, 0.1) is 0 Å². The molecule has 102 valence electrons. The van der Waals surface area contributed by atoms with Crippen molar-refractivity contribution in [2.45, 2.75) is 19.4 Å². The zero-order valence-corrected chi connectivity index (χ0v) is 11.9. The highest BCUT2D eigenvalue weighted by molar-refractivity contribution is 6.30. The number of halogens is 1. The van der Waals surface area contributed by atoms with Gasteiger partial charge in [0.2, 0.25) is 0 Å². The number of ether oxygens (including phenoxy) is 1. The molecule has 0 aliphatic carbocycles. The Labute approximate surface area is 118 Å². The normalized spacial score (nSPS) is 12.4. The average Bonchev–Trinajstić information content (AvgIpc) is 2.77. The topological polar surface area (TPSA) is 53.1 Å². The Kier molecular flexibility index (Phi) is 4.45. The molecule has 1 atom stereocenters. The summed E-state index contributed by atoms with van der Waals surface area (Å²) in [6.07, 6.45) is 2.59. The minimum atomic E-state index is -0.106. The Morgan fingerprint density at radius 2 is 2.21 bits per heavy atom. The van der Waals surface area contributed by atoms with E-state index in [9.17, 15) is 0 Å². The number of benzene rings is 1. The van der Waals surface area contributed by atoms with Gasteiger partial charge in [-0.1, -0.05) is 11.6 Å². The number of hydrogen-bond acceptors (Lipinski definition) is 3. The van der Waals surface area contributed by atoms with Crippen molar-refractivity contribution in [1.29, 1.82) is 0 Å². The predicted octanol–water partition coefficient (Wildman–Crippen LogP) is 2.71. The van der Waals surface area contributed by atoms with Crippen molar-refractivity contribution in [1.82, 2.24) is 9.78 Å². The van der Waals surface area contributed by atoms with Gasteiger partial charge in [-0.15, -0.1) is 0 Å². The van der Waals surface area contributed by atoms with Gasteiger partial charge in [0.05, 0.1) is 6.61 Å². The number of hydrogen-bond donors (Lipinski definition) is 1. The summed E-state index contributed by atoms with van der Waals surface area (Å²) < 4.78 is 7.65. The smallest absolute Gasteiger partial charge is 0.124 e. The molecule has 0 fully saturated rings. The molecule has 4 nitrogen and oxygen atoms in total. The van der Waals surface area contributed by atoms with Crippen LogP contribution >= 0.6 is 11.6 Å². The van der Waals surface area contributed by atoms with E-state index in [-0.39, 0.29) is 6.04 Å². The second-order valence-corrected chi connectivity index (χ2v) is 4.95. The van der Waals surface area contributed by atoms with Crippen LogP contribution in [-0.2, 0) is 13.5 Å². The van der Waals surface area contributed by atoms with Crippen molar-refractivity contribution in [3.8, 4) is 5.75 Å². The SMILES string of the molecule is C[C@@H](N)c1cc(Cl)ccc1OCCc1ccnn1C. The lowest BCUT2D eigenvalue weighted by Crippen LogP contribution is -2.10. The number of rotatable bonds is 5. The third-order valence-corrected chi connectivity index (χ3v) is 3.24. The van der Waals surface area contributed by atoms with Crippen LogP contribution in [0.25, 0.3) is 0 Å². The highest BCUT2D eigenvalue weighted by Crippen LogP contribution is 2.27. The molecule has 1 aromatic heterocycles. The van der Waals surface area contributed by atoms with Gasteiger partial charge in [0.15, 0.2) is 0 Å². The molecule has 0 aliphatic heterocycles. The second kappa shape index (κ2) is 6.08. The molecule has 1 heterocycles. The Morgan fingerprint density at radius 3 is 2.84 bits per heavy atom. The Bertz CT molecular complexity index is 551. The van der Waals surface area contributed by atoms with E-state index >= 15 is 0 Å². The summed E-state index contributed by atoms with van der Waals surface area (Å²) in [5.41, 5.74) is 7.98. The third kappa shape index (κ3) is 3.49. The Hall–Kier alpha value is -1.52. The predicted molar refractivity (Wildman–Crippen MR) is 76.5 cm³/mol. The fourth-order valence-corrected chi connectivity index (χ4v) is 2.10. The number of nitrogens with two attached hydrogens (primary N) is 1. The van der Waals surface area contributed by atoms with Crippen molar-refractivity contribution in [3.63, 3.8) is 0 Å². The molecule has 0 aliphatic rings. The summed E-state index contributed by atoms with van der Waals surface area (Å²) in [6.45, 7) is 2.50. The third-order valence-electron chi connectivity index (χ3n) is 3.00. The van der Waals surface area contributed by atoms with Crippen molar-refractivity contribution in [2.24, 2.45) is 12.8 Å². The van der Waals surface area contributed by atoms with Gasteiger partial charge in [0, 0.05) is 42.0 Å². The summed E-state index contributed by atoms with van der Waals surface area (Å²) in [6, 6.07) is 7.41. The van der Waals surface area contributed by atoms with Gasteiger partial charge < -0.3 is 10.5 Å². The van der Waals surface area contributed by atoms with Crippen LogP contribution in [0.4, 0.5) is 0 Å². The Morgan fingerprint density at radius 1 is 1.42 bits per heavy atom. The minimum Gasteiger partial charge on any atom is -0.493 e. The van der Waals surface area contributed by atoms with Crippen LogP contribution in [0.3, 0.4) is 0 Å². The lowest BCUT2D eigenvalue weighted by molar-refractivity contribution is 0.313. The van der Waals surface area contributed by atoms with E-state index in [0.29, 0.717) is 11.6 Å². The van der Waals surface area contributed by atoms with E-state index < -0.39 is 0 Å². The number of aromatic nitrogens is 2. The molecule has 2 rings (SSSR count). The van der Waals surface area contributed by atoms with Gasteiger partial charge in [-0.2, -0.15) is 5.10 Å². The van der Waals surface area contributed by atoms with E-state index in [4.69, 9.17) is 22.1 Å². The second-order valence-electron chi connectivity index (χ2n) is 4.52. The van der Waals surface area contributed by atoms with Crippen LogP contribution in [0.15, 0.2) is 30.5 Å². The summed E-state index contributed by atoms with van der Waals surface area (Å²) in [5.74, 6) is 0.793. The lowest BCUT2D eigenvalue weighted by Gasteiger charge is -2.14. The van der Waals surface area contributed by atoms with Gasteiger partial charge >= 0.3 is 0 Å². The molecule has 0 unspecified atom stereocenters. The molecular weight excluding hydrogens is 262 g/mol. The minimum absolute atomic E-state index is 0.106. The molecule has 2 aromatic rings. The monoisotopic (exact) mass is 279 g/mol. The van der Waals surface area contributed by atoms with Crippen LogP contribution in [0.2, 0.25) is 5.02 Å².